The van der Waals surface area contributed by atoms with Crippen LogP contribution in [0.2, 0.25) is 0 Å². The number of carbonyl (C=O) groups excluding carboxylic acids is 1. The molecule has 0 bridgehead atoms. The minimum absolute atomic E-state index is 0.102. The number of carbonyl (C=O) groups is 1. The van der Waals surface area contributed by atoms with Crippen LogP contribution in [0.1, 0.15) is 45.4 Å². The van der Waals surface area contributed by atoms with E-state index in [0.717, 1.165) is 6.54 Å². The molecule has 2 rings (SSSR count). The molecule has 1 heterocycles. The Morgan fingerprint density at radius 2 is 2.24 bits per heavy atom. The number of nitrogens with zero attached hydrogens (tertiary/aromatic N) is 2. The molecule has 0 spiro atoms. The van der Waals surface area contributed by atoms with Crippen LogP contribution in [0.4, 0.5) is 0 Å². The quantitative estimate of drug-likeness (QED) is 0.866. The molecule has 4 nitrogen and oxygen atoms in total. The van der Waals surface area contributed by atoms with E-state index in [1.807, 2.05) is 33.2 Å². The Hall–Kier alpha value is -1.32. The van der Waals surface area contributed by atoms with Gasteiger partial charge >= 0.3 is 0 Å². The molecule has 1 aromatic rings. The summed E-state index contributed by atoms with van der Waals surface area (Å²) in [5, 5.41) is 2.96. The van der Waals surface area contributed by atoms with Crippen molar-refractivity contribution in [2.75, 3.05) is 6.54 Å². The zero-order chi connectivity index (χ0) is 12.5. The Morgan fingerprint density at radius 3 is 2.82 bits per heavy atom. The number of nitrogens with one attached hydrogen (secondary N) is 1. The second kappa shape index (κ2) is 4.51. The predicted molar refractivity (Wildman–Crippen MR) is 66.7 cm³/mol. The average molecular weight is 235 g/mol. The SMILES string of the molecule is CC(C)(C)C(=O)NCCn1ccnc1C1CC1. The first-order chi connectivity index (χ1) is 7.98. The van der Waals surface area contributed by atoms with Gasteiger partial charge in [0.05, 0.1) is 0 Å². The van der Waals surface area contributed by atoms with Gasteiger partial charge in [0, 0.05) is 36.8 Å². The fourth-order valence-corrected chi connectivity index (χ4v) is 1.77. The van der Waals surface area contributed by atoms with Crippen molar-refractivity contribution in [2.45, 2.75) is 46.1 Å². The molecule has 1 aliphatic carbocycles. The number of hydrogen-bond acceptors (Lipinski definition) is 2. The van der Waals surface area contributed by atoms with E-state index in [4.69, 9.17) is 0 Å². The first-order valence-electron chi connectivity index (χ1n) is 6.28. The summed E-state index contributed by atoms with van der Waals surface area (Å²) in [6.45, 7) is 7.26. The van der Waals surface area contributed by atoms with E-state index in [-0.39, 0.29) is 11.3 Å². The maximum absolute atomic E-state index is 11.7. The molecular formula is C13H21N3O. The predicted octanol–water partition coefficient (Wildman–Crippen LogP) is 1.92. The first kappa shape index (κ1) is 12.1. The summed E-state index contributed by atoms with van der Waals surface area (Å²) in [5.41, 5.74) is -0.311. The van der Waals surface area contributed by atoms with Crippen LogP contribution in [-0.2, 0) is 11.3 Å². The summed E-state index contributed by atoms with van der Waals surface area (Å²) >= 11 is 0. The molecule has 0 atom stereocenters. The van der Waals surface area contributed by atoms with Gasteiger partial charge in [-0.1, -0.05) is 20.8 Å². The highest BCUT2D eigenvalue weighted by atomic mass is 16.2. The van der Waals surface area contributed by atoms with Crippen LogP contribution in [-0.4, -0.2) is 22.0 Å². The highest BCUT2D eigenvalue weighted by molar-refractivity contribution is 5.81. The first-order valence-corrected chi connectivity index (χ1v) is 6.28. The van der Waals surface area contributed by atoms with Crippen molar-refractivity contribution < 1.29 is 4.79 Å². The van der Waals surface area contributed by atoms with E-state index in [0.29, 0.717) is 12.5 Å². The Labute approximate surface area is 102 Å². The summed E-state index contributed by atoms with van der Waals surface area (Å²) in [7, 11) is 0. The Bertz CT molecular complexity index is 399. The number of imidazole rings is 1. The molecule has 0 aliphatic heterocycles. The van der Waals surface area contributed by atoms with E-state index < -0.39 is 0 Å². The normalized spacial score (nSPS) is 15.9. The van der Waals surface area contributed by atoms with Crippen molar-refractivity contribution >= 4 is 5.91 Å². The van der Waals surface area contributed by atoms with Crippen LogP contribution in [0.3, 0.4) is 0 Å². The minimum Gasteiger partial charge on any atom is -0.354 e. The summed E-state index contributed by atoms with van der Waals surface area (Å²) in [6.07, 6.45) is 6.35. The van der Waals surface area contributed by atoms with E-state index >= 15 is 0 Å². The lowest BCUT2D eigenvalue weighted by Gasteiger charge is -2.18. The molecule has 94 valence electrons. The summed E-state index contributed by atoms with van der Waals surface area (Å²) < 4.78 is 2.15. The van der Waals surface area contributed by atoms with Crippen molar-refractivity contribution in [3.63, 3.8) is 0 Å². The van der Waals surface area contributed by atoms with Gasteiger partial charge in [-0.25, -0.2) is 4.98 Å². The molecule has 1 fully saturated rings. The van der Waals surface area contributed by atoms with Crippen LogP contribution in [0.5, 0.6) is 0 Å². The third-order valence-electron chi connectivity index (χ3n) is 3.01. The van der Waals surface area contributed by atoms with Crippen molar-refractivity contribution in [3.05, 3.63) is 18.2 Å². The standard InChI is InChI=1S/C13H21N3O/c1-13(2,3)12(17)15-7-9-16-8-6-14-11(16)10-4-5-10/h6,8,10H,4-5,7,9H2,1-3H3,(H,15,17). The number of hydrogen-bond donors (Lipinski definition) is 1. The lowest BCUT2D eigenvalue weighted by Crippen LogP contribution is -2.36. The van der Waals surface area contributed by atoms with E-state index in [1.165, 1.54) is 18.7 Å². The second-order valence-corrected chi connectivity index (χ2v) is 5.76. The summed E-state index contributed by atoms with van der Waals surface area (Å²) in [4.78, 5) is 16.1. The van der Waals surface area contributed by atoms with Crippen molar-refractivity contribution in [2.24, 2.45) is 5.41 Å². The largest absolute Gasteiger partial charge is 0.354 e. The van der Waals surface area contributed by atoms with Crippen molar-refractivity contribution in [1.29, 1.82) is 0 Å². The van der Waals surface area contributed by atoms with Gasteiger partial charge in [0.25, 0.3) is 0 Å². The lowest BCUT2D eigenvalue weighted by atomic mass is 9.96. The molecule has 1 aromatic heterocycles. The van der Waals surface area contributed by atoms with Gasteiger partial charge < -0.3 is 9.88 Å². The molecule has 17 heavy (non-hydrogen) atoms. The smallest absolute Gasteiger partial charge is 0.225 e. The van der Waals surface area contributed by atoms with Crippen LogP contribution in [0.25, 0.3) is 0 Å². The number of amides is 1. The molecule has 0 radical (unpaired) electrons. The summed E-state index contributed by atoms with van der Waals surface area (Å²) in [6, 6.07) is 0. The highest BCUT2D eigenvalue weighted by Gasteiger charge is 2.27. The second-order valence-electron chi connectivity index (χ2n) is 5.76. The third-order valence-corrected chi connectivity index (χ3v) is 3.01. The molecule has 0 aromatic carbocycles. The Kier molecular flexibility index (Phi) is 3.22. The molecule has 0 unspecified atom stereocenters. The minimum atomic E-state index is -0.311. The highest BCUT2D eigenvalue weighted by Crippen LogP contribution is 2.38. The van der Waals surface area contributed by atoms with Gasteiger partial charge in [0.15, 0.2) is 0 Å². The molecular weight excluding hydrogens is 214 g/mol. The molecule has 0 saturated heterocycles. The Balaban J connectivity index is 1.82. The van der Waals surface area contributed by atoms with Crippen LogP contribution in [0, 0.1) is 5.41 Å². The summed E-state index contributed by atoms with van der Waals surface area (Å²) in [5.74, 6) is 1.93. The van der Waals surface area contributed by atoms with Gasteiger partial charge in [0.2, 0.25) is 5.91 Å². The molecule has 1 amide bonds. The van der Waals surface area contributed by atoms with E-state index in [1.54, 1.807) is 0 Å². The van der Waals surface area contributed by atoms with E-state index in [2.05, 4.69) is 14.9 Å². The van der Waals surface area contributed by atoms with Gasteiger partial charge in [-0.05, 0) is 12.8 Å². The fraction of sp³-hybridized carbons (Fsp3) is 0.692. The maximum atomic E-state index is 11.7. The van der Waals surface area contributed by atoms with Gasteiger partial charge in [-0.2, -0.15) is 0 Å². The van der Waals surface area contributed by atoms with Crippen LogP contribution in [0.15, 0.2) is 12.4 Å². The molecule has 4 heteroatoms. The van der Waals surface area contributed by atoms with Crippen LogP contribution < -0.4 is 5.32 Å². The van der Waals surface area contributed by atoms with Gasteiger partial charge in [-0.3, -0.25) is 4.79 Å². The maximum Gasteiger partial charge on any atom is 0.225 e. The van der Waals surface area contributed by atoms with Crippen molar-refractivity contribution in [1.82, 2.24) is 14.9 Å². The number of rotatable bonds is 4. The molecule has 1 saturated carbocycles. The molecule has 1 N–H and O–H groups in total. The van der Waals surface area contributed by atoms with Gasteiger partial charge in [0.1, 0.15) is 5.82 Å². The zero-order valence-electron chi connectivity index (χ0n) is 10.9. The lowest BCUT2D eigenvalue weighted by molar-refractivity contribution is -0.128. The molecule has 1 aliphatic rings. The zero-order valence-corrected chi connectivity index (χ0v) is 10.9. The van der Waals surface area contributed by atoms with Gasteiger partial charge in [-0.15, -0.1) is 0 Å². The fourth-order valence-electron chi connectivity index (χ4n) is 1.77. The topological polar surface area (TPSA) is 46.9 Å². The van der Waals surface area contributed by atoms with E-state index in [9.17, 15) is 4.79 Å². The Morgan fingerprint density at radius 1 is 1.53 bits per heavy atom. The monoisotopic (exact) mass is 235 g/mol. The average Bonchev–Trinajstić information content (AvgIpc) is 2.98. The number of aromatic nitrogens is 2. The van der Waals surface area contributed by atoms with Crippen molar-refractivity contribution in [3.8, 4) is 0 Å². The third kappa shape index (κ3) is 3.08. The van der Waals surface area contributed by atoms with Crippen LogP contribution >= 0.6 is 0 Å².